The number of likely N-dealkylation sites (tertiary alicyclic amines) is 2. The summed E-state index contributed by atoms with van der Waals surface area (Å²) >= 11 is 0. The van der Waals surface area contributed by atoms with Crippen LogP contribution in [0, 0.1) is 6.92 Å². The molecule has 0 aliphatic carbocycles. The predicted molar refractivity (Wildman–Crippen MR) is 85.3 cm³/mol. The molecular weight excluding hydrogens is 262 g/mol. The Hall–Kier alpha value is -0.840. The van der Waals surface area contributed by atoms with E-state index in [0.717, 1.165) is 37.2 Å². The summed E-state index contributed by atoms with van der Waals surface area (Å²) in [5.41, 5.74) is 1.28. The average Bonchev–Trinajstić information content (AvgIpc) is 3.18. The van der Waals surface area contributed by atoms with E-state index < -0.39 is 0 Å². The Balaban J connectivity index is 1.52. The van der Waals surface area contributed by atoms with Crippen LogP contribution in [-0.4, -0.2) is 48.6 Å². The van der Waals surface area contributed by atoms with Crippen LogP contribution in [0.1, 0.15) is 43.3 Å². The minimum atomic E-state index is 0.782. The van der Waals surface area contributed by atoms with Crippen LogP contribution in [0.4, 0.5) is 0 Å². The molecule has 0 spiro atoms. The molecule has 1 unspecified atom stereocenters. The third kappa shape index (κ3) is 3.68. The van der Waals surface area contributed by atoms with Crippen molar-refractivity contribution in [2.45, 2.75) is 52.2 Å². The van der Waals surface area contributed by atoms with Crippen LogP contribution in [0.5, 0.6) is 0 Å². The zero-order chi connectivity index (χ0) is 14.7. The second kappa shape index (κ2) is 6.95. The van der Waals surface area contributed by atoms with E-state index >= 15 is 0 Å². The SMILES string of the molecule is CCNCc1oc(CN2CCC(N3CCCC3)C2)cc1C. The van der Waals surface area contributed by atoms with Crippen LogP contribution < -0.4 is 5.32 Å². The van der Waals surface area contributed by atoms with Crippen LogP contribution in [0.25, 0.3) is 0 Å². The van der Waals surface area contributed by atoms with Crippen molar-refractivity contribution >= 4 is 0 Å². The molecule has 1 N–H and O–H groups in total. The zero-order valence-corrected chi connectivity index (χ0v) is 13.5. The normalized spacial score (nSPS) is 24.2. The van der Waals surface area contributed by atoms with Gasteiger partial charge in [0.1, 0.15) is 11.5 Å². The maximum Gasteiger partial charge on any atom is 0.120 e. The third-order valence-electron chi connectivity index (χ3n) is 4.89. The minimum Gasteiger partial charge on any atom is -0.463 e. The summed E-state index contributed by atoms with van der Waals surface area (Å²) in [5.74, 6) is 2.23. The first-order valence-corrected chi connectivity index (χ1v) is 8.51. The number of nitrogens with one attached hydrogen (secondary N) is 1. The highest BCUT2D eigenvalue weighted by Crippen LogP contribution is 2.23. The summed E-state index contributed by atoms with van der Waals surface area (Å²) in [4.78, 5) is 5.24. The molecule has 2 saturated heterocycles. The van der Waals surface area contributed by atoms with Gasteiger partial charge in [0, 0.05) is 19.1 Å². The van der Waals surface area contributed by atoms with Crippen molar-refractivity contribution in [3.05, 3.63) is 23.2 Å². The van der Waals surface area contributed by atoms with E-state index in [1.54, 1.807) is 0 Å². The fourth-order valence-electron chi connectivity index (χ4n) is 3.66. The number of hydrogen-bond acceptors (Lipinski definition) is 4. The van der Waals surface area contributed by atoms with E-state index in [9.17, 15) is 0 Å². The van der Waals surface area contributed by atoms with Gasteiger partial charge in [0.2, 0.25) is 0 Å². The van der Waals surface area contributed by atoms with Gasteiger partial charge in [-0.3, -0.25) is 9.80 Å². The van der Waals surface area contributed by atoms with Crippen molar-refractivity contribution in [1.82, 2.24) is 15.1 Å². The highest BCUT2D eigenvalue weighted by atomic mass is 16.3. The second-order valence-corrected chi connectivity index (χ2v) is 6.52. The Morgan fingerprint density at radius 1 is 1.29 bits per heavy atom. The molecule has 0 amide bonds. The first-order valence-electron chi connectivity index (χ1n) is 8.51. The molecule has 4 heteroatoms. The lowest BCUT2D eigenvalue weighted by atomic mass is 10.2. The summed E-state index contributed by atoms with van der Waals surface area (Å²) in [6.45, 7) is 12.1. The maximum atomic E-state index is 6.02. The van der Waals surface area contributed by atoms with Crippen molar-refractivity contribution < 1.29 is 4.42 Å². The molecule has 0 saturated carbocycles. The predicted octanol–water partition coefficient (Wildman–Crippen LogP) is 2.37. The van der Waals surface area contributed by atoms with Crippen LogP contribution in [0.2, 0.25) is 0 Å². The molecule has 0 radical (unpaired) electrons. The van der Waals surface area contributed by atoms with Gasteiger partial charge in [0.15, 0.2) is 0 Å². The molecule has 3 rings (SSSR count). The number of aryl methyl sites for hydroxylation is 1. The first-order chi connectivity index (χ1) is 10.3. The molecule has 3 heterocycles. The molecule has 0 bridgehead atoms. The lowest BCUT2D eigenvalue weighted by Crippen LogP contribution is -2.35. The largest absolute Gasteiger partial charge is 0.463 e. The minimum absolute atomic E-state index is 0.782. The van der Waals surface area contributed by atoms with E-state index in [2.05, 4.69) is 35.0 Å². The van der Waals surface area contributed by atoms with E-state index in [1.165, 1.54) is 51.0 Å². The van der Waals surface area contributed by atoms with Crippen molar-refractivity contribution in [3.63, 3.8) is 0 Å². The molecular formula is C17H29N3O. The van der Waals surface area contributed by atoms with E-state index in [4.69, 9.17) is 4.42 Å². The molecule has 4 nitrogen and oxygen atoms in total. The van der Waals surface area contributed by atoms with Gasteiger partial charge in [-0.15, -0.1) is 0 Å². The number of rotatable bonds is 6. The standard InChI is InChI=1S/C17H29N3O/c1-3-18-11-17-14(2)10-16(21-17)13-19-9-6-15(12-19)20-7-4-5-8-20/h10,15,18H,3-9,11-13H2,1-2H3. The second-order valence-electron chi connectivity index (χ2n) is 6.52. The van der Waals surface area contributed by atoms with Crippen molar-refractivity contribution in [1.29, 1.82) is 0 Å². The molecule has 2 aliphatic heterocycles. The highest BCUT2D eigenvalue weighted by molar-refractivity contribution is 5.20. The summed E-state index contributed by atoms with van der Waals surface area (Å²) < 4.78 is 6.02. The van der Waals surface area contributed by atoms with Crippen molar-refractivity contribution in [2.24, 2.45) is 0 Å². The summed E-state index contributed by atoms with van der Waals surface area (Å²) in [6.07, 6.45) is 4.10. The van der Waals surface area contributed by atoms with Gasteiger partial charge in [-0.25, -0.2) is 0 Å². The molecule has 2 aliphatic rings. The van der Waals surface area contributed by atoms with Gasteiger partial charge in [-0.1, -0.05) is 6.92 Å². The molecule has 1 atom stereocenters. The Bertz CT molecular complexity index is 451. The number of nitrogens with zero attached hydrogens (tertiary/aromatic N) is 2. The Kier molecular flexibility index (Phi) is 4.99. The Morgan fingerprint density at radius 3 is 2.86 bits per heavy atom. The summed E-state index contributed by atoms with van der Waals surface area (Å²) in [5, 5.41) is 3.34. The Morgan fingerprint density at radius 2 is 2.10 bits per heavy atom. The quantitative estimate of drug-likeness (QED) is 0.872. The van der Waals surface area contributed by atoms with Gasteiger partial charge >= 0.3 is 0 Å². The lowest BCUT2D eigenvalue weighted by Gasteiger charge is -2.23. The fourth-order valence-corrected chi connectivity index (χ4v) is 3.66. The molecule has 118 valence electrons. The fraction of sp³-hybridized carbons (Fsp3) is 0.765. The summed E-state index contributed by atoms with van der Waals surface area (Å²) in [6, 6.07) is 3.00. The number of hydrogen-bond donors (Lipinski definition) is 1. The molecule has 21 heavy (non-hydrogen) atoms. The first kappa shape index (κ1) is 15.1. The monoisotopic (exact) mass is 291 g/mol. The van der Waals surface area contributed by atoms with Gasteiger partial charge in [0.25, 0.3) is 0 Å². The summed E-state index contributed by atoms with van der Waals surface area (Å²) in [7, 11) is 0. The van der Waals surface area contributed by atoms with Crippen LogP contribution in [0.15, 0.2) is 10.5 Å². The van der Waals surface area contributed by atoms with Crippen molar-refractivity contribution in [3.8, 4) is 0 Å². The maximum absolute atomic E-state index is 6.02. The van der Waals surface area contributed by atoms with Gasteiger partial charge in [-0.05, 0) is 57.5 Å². The third-order valence-corrected chi connectivity index (χ3v) is 4.89. The topological polar surface area (TPSA) is 31.7 Å². The smallest absolute Gasteiger partial charge is 0.120 e. The molecule has 1 aromatic rings. The highest BCUT2D eigenvalue weighted by Gasteiger charge is 2.29. The molecule has 1 aromatic heterocycles. The van der Waals surface area contributed by atoms with Gasteiger partial charge < -0.3 is 9.73 Å². The number of furan rings is 1. The lowest BCUT2D eigenvalue weighted by molar-refractivity contribution is 0.222. The van der Waals surface area contributed by atoms with E-state index in [1.807, 2.05) is 0 Å². The molecule has 2 fully saturated rings. The average molecular weight is 291 g/mol. The van der Waals surface area contributed by atoms with Crippen LogP contribution in [0.3, 0.4) is 0 Å². The van der Waals surface area contributed by atoms with Crippen LogP contribution >= 0.6 is 0 Å². The van der Waals surface area contributed by atoms with Crippen molar-refractivity contribution in [2.75, 3.05) is 32.7 Å². The zero-order valence-electron chi connectivity index (χ0n) is 13.5. The van der Waals surface area contributed by atoms with E-state index in [0.29, 0.717) is 0 Å². The Labute approximate surface area is 128 Å². The van der Waals surface area contributed by atoms with Gasteiger partial charge in [-0.2, -0.15) is 0 Å². The molecule has 0 aromatic carbocycles. The van der Waals surface area contributed by atoms with Gasteiger partial charge in [0.05, 0.1) is 13.1 Å². The van der Waals surface area contributed by atoms with E-state index in [-0.39, 0.29) is 0 Å². The van der Waals surface area contributed by atoms with Crippen LogP contribution in [-0.2, 0) is 13.1 Å².